The van der Waals surface area contributed by atoms with E-state index in [0.717, 1.165) is 11.8 Å². The monoisotopic (exact) mass is 191 g/mol. The Bertz CT molecular complexity index is 236. The molecule has 0 bridgehead atoms. The van der Waals surface area contributed by atoms with Crippen LogP contribution in [0.4, 0.5) is 0 Å². The third-order valence-electron chi connectivity index (χ3n) is 5.90. The summed E-state index contributed by atoms with van der Waals surface area (Å²) in [7, 11) is 0. The molecule has 1 nitrogen and oxygen atoms in total. The van der Waals surface area contributed by atoms with Gasteiger partial charge in [0.2, 0.25) is 0 Å². The summed E-state index contributed by atoms with van der Waals surface area (Å²) in [4.78, 5) is 0. The van der Waals surface area contributed by atoms with Gasteiger partial charge < -0.3 is 5.32 Å². The van der Waals surface area contributed by atoms with E-state index in [-0.39, 0.29) is 0 Å². The minimum atomic E-state index is 1.06. The van der Waals surface area contributed by atoms with Gasteiger partial charge in [0.25, 0.3) is 0 Å². The zero-order valence-corrected chi connectivity index (χ0v) is 8.91. The number of hydrogen-bond donors (Lipinski definition) is 1. The Hall–Kier alpha value is -0.0400. The van der Waals surface area contributed by atoms with E-state index < -0.39 is 0 Å². The SMILES string of the molecule is C1CNCC(C2CC3C4CCC4C23)C1. The fourth-order valence-corrected chi connectivity index (χ4v) is 5.01. The van der Waals surface area contributed by atoms with Gasteiger partial charge in [-0.1, -0.05) is 0 Å². The summed E-state index contributed by atoms with van der Waals surface area (Å²) in [6, 6.07) is 0. The first-order valence-corrected chi connectivity index (χ1v) is 6.66. The summed E-state index contributed by atoms with van der Waals surface area (Å²) in [6.07, 6.45) is 7.74. The number of fused-ring (bicyclic) bond motifs is 4. The molecule has 78 valence electrons. The highest BCUT2D eigenvalue weighted by molar-refractivity contribution is 5.13. The molecular weight excluding hydrogens is 170 g/mol. The third kappa shape index (κ3) is 0.856. The second-order valence-electron chi connectivity index (χ2n) is 6.15. The van der Waals surface area contributed by atoms with Crippen molar-refractivity contribution in [2.45, 2.75) is 32.1 Å². The Labute approximate surface area is 86.6 Å². The van der Waals surface area contributed by atoms with Crippen molar-refractivity contribution >= 4 is 0 Å². The summed E-state index contributed by atoms with van der Waals surface area (Å²) < 4.78 is 0. The molecule has 4 fully saturated rings. The molecule has 3 saturated carbocycles. The Morgan fingerprint density at radius 3 is 2.43 bits per heavy atom. The predicted molar refractivity (Wildman–Crippen MR) is 56.9 cm³/mol. The average Bonchev–Trinajstić information content (AvgIpc) is 2.20. The van der Waals surface area contributed by atoms with Crippen LogP contribution >= 0.6 is 0 Å². The Morgan fingerprint density at radius 2 is 1.79 bits per heavy atom. The van der Waals surface area contributed by atoms with Gasteiger partial charge in [-0.2, -0.15) is 0 Å². The van der Waals surface area contributed by atoms with Crippen molar-refractivity contribution in [1.29, 1.82) is 0 Å². The van der Waals surface area contributed by atoms with Crippen molar-refractivity contribution in [3.05, 3.63) is 0 Å². The topological polar surface area (TPSA) is 12.0 Å². The van der Waals surface area contributed by atoms with Crippen LogP contribution < -0.4 is 5.32 Å². The lowest BCUT2D eigenvalue weighted by Crippen LogP contribution is -2.65. The molecule has 1 aliphatic heterocycles. The maximum Gasteiger partial charge on any atom is -0.00178 e. The van der Waals surface area contributed by atoms with Crippen molar-refractivity contribution in [3.8, 4) is 0 Å². The molecule has 1 heterocycles. The Kier molecular flexibility index (Phi) is 1.60. The molecule has 4 aliphatic rings. The van der Waals surface area contributed by atoms with Crippen molar-refractivity contribution in [2.75, 3.05) is 13.1 Å². The van der Waals surface area contributed by atoms with Crippen LogP contribution in [-0.2, 0) is 0 Å². The van der Waals surface area contributed by atoms with Gasteiger partial charge in [0.05, 0.1) is 0 Å². The molecule has 0 spiro atoms. The Morgan fingerprint density at radius 1 is 0.857 bits per heavy atom. The highest BCUT2D eigenvalue weighted by Gasteiger charge is 2.64. The highest BCUT2D eigenvalue weighted by atomic mass is 14.9. The minimum absolute atomic E-state index is 1.06. The predicted octanol–water partition coefficient (Wildman–Crippen LogP) is 2.28. The van der Waals surface area contributed by atoms with E-state index in [1.165, 1.54) is 49.6 Å². The number of nitrogens with one attached hydrogen (secondary N) is 1. The quantitative estimate of drug-likeness (QED) is 0.670. The lowest BCUT2D eigenvalue weighted by atomic mass is 9.34. The molecule has 0 aromatic heterocycles. The number of rotatable bonds is 1. The third-order valence-corrected chi connectivity index (χ3v) is 5.90. The van der Waals surface area contributed by atoms with Gasteiger partial charge in [-0.05, 0) is 80.7 Å². The fraction of sp³-hybridized carbons (Fsp3) is 1.00. The highest BCUT2D eigenvalue weighted by Crippen LogP contribution is 2.70. The average molecular weight is 191 g/mol. The van der Waals surface area contributed by atoms with E-state index in [2.05, 4.69) is 5.32 Å². The largest absolute Gasteiger partial charge is 0.316 e. The zero-order valence-electron chi connectivity index (χ0n) is 8.91. The number of piperidine rings is 1. The van der Waals surface area contributed by atoms with Gasteiger partial charge in [-0.3, -0.25) is 0 Å². The molecule has 1 heteroatoms. The van der Waals surface area contributed by atoms with E-state index >= 15 is 0 Å². The van der Waals surface area contributed by atoms with Crippen molar-refractivity contribution in [1.82, 2.24) is 5.32 Å². The van der Waals surface area contributed by atoms with Gasteiger partial charge in [0.1, 0.15) is 0 Å². The normalized spacial score (nSPS) is 60.0. The molecule has 1 saturated heterocycles. The first kappa shape index (κ1) is 8.15. The smallest absolute Gasteiger partial charge is 0.00178 e. The van der Waals surface area contributed by atoms with E-state index in [9.17, 15) is 0 Å². The summed E-state index contributed by atoms with van der Waals surface area (Å²) in [5, 5.41) is 3.59. The minimum Gasteiger partial charge on any atom is -0.316 e. The van der Waals surface area contributed by atoms with Gasteiger partial charge >= 0.3 is 0 Å². The van der Waals surface area contributed by atoms with E-state index in [0.29, 0.717) is 0 Å². The van der Waals surface area contributed by atoms with Crippen LogP contribution in [0.25, 0.3) is 0 Å². The van der Waals surface area contributed by atoms with Gasteiger partial charge in [-0.25, -0.2) is 0 Å². The van der Waals surface area contributed by atoms with Crippen LogP contribution in [0.15, 0.2) is 0 Å². The molecule has 6 unspecified atom stereocenters. The van der Waals surface area contributed by atoms with Crippen LogP contribution in [0, 0.1) is 35.5 Å². The molecule has 6 atom stereocenters. The molecule has 14 heavy (non-hydrogen) atoms. The van der Waals surface area contributed by atoms with Crippen LogP contribution in [0.1, 0.15) is 32.1 Å². The molecule has 3 aliphatic carbocycles. The van der Waals surface area contributed by atoms with Crippen LogP contribution in [-0.4, -0.2) is 13.1 Å². The fourth-order valence-electron chi connectivity index (χ4n) is 5.01. The molecule has 1 N–H and O–H groups in total. The maximum absolute atomic E-state index is 3.59. The van der Waals surface area contributed by atoms with Gasteiger partial charge in [0, 0.05) is 0 Å². The molecule has 0 aromatic carbocycles. The summed E-state index contributed by atoms with van der Waals surface area (Å²) in [6.45, 7) is 2.62. The van der Waals surface area contributed by atoms with E-state index in [1.54, 1.807) is 19.3 Å². The summed E-state index contributed by atoms with van der Waals surface area (Å²) >= 11 is 0. The van der Waals surface area contributed by atoms with Crippen LogP contribution in [0.2, 0.25) is 0 Å². The summed E-state index contributed by atoms with van der Waals surface area (Å²) in [5.41, 5.74) is 0. The zero-order chi connectivity index (χ0) is 9.12. The maximum atomic E-state index is 3.59. The molecule has 0 aromatic rings. The second kappa shape index (κ2) is 2.75. The standard InChI is InChI=1S/C13H21N/c1-2-8(7-14-5-1)11-6-12-9-3-4-10(9)13(11)12/h8-14H,1-7H2. The van der Waals surface area contributed by atoms with Crippen molar-refractivity contribution in [2.24, 2.45) is 35.5 Å². The van der Waals surface area contributed by atoms with Crippen molar-refractivity contribution in [3.63, 3.8) is 0 Å². The number of hydrogen-bond acceptors (Lipinski definition) is 1. The first-order chi connectivity index (χ1) is 6.95. The summed E-state index contributed by atoms with van der Waals surface area (Å²) in [5.74, 6) is 7.05. The van der Waals surface area contributed by atoms with Crippen LogP contribution in [0.5, 0.6) is 0 Å². The van der Waals surface area contributed by atoms with Gasteiger partial charge in [0.15, 0.2) is 0 Å². The molecular formula is C13H21N. The Balaban J connectivity index is 1.43. The van der Waals surface area contributed by atoms with E-state index in [1.807, 2.05) is 0 Å². The second-order valence-corrected chi connectivity index (χ2v) is 6.15. The lowest BCUT2D eigenvalue weighted by Gasteiger charge is -2.71. The lowest BCUT2D eigenvalue weighted by molar-refractivity contribution is -0.220. The molecule has 0 amide bonds. The molecule has 0 radical (unpaired) electrons. The molecule has 4 rings (SSSR count). The first-order valence-electron chi connectivity index (χ1n) is 6.66. The van der Waals surface area contributed by atoms with Gasteiger partial charge in [-0.15, -0.1) is 0 Å². The van der Waals surface area contributed by atoms with Crippen LogP contribution in [0.3, 0.4) is 0 Å². The van der Waals surface area contributed by atoms with E-state index in [4.69, 9.17) is 0 Å². The van der Waals surface area contributed by atoms with Crippen molar-refractivity contribution < 1.29 is 0 Å².